The Bertz CT molecular complexity index is 857. The number of Topliss-reactive ketones (excluding diaryl/α,β-unsaturated/α-hetero) is 1. The lowest BCUT2D eigenvalue weighted by Crippen LogP contribution is -2.19. The van der Waals surface area contributed by atoms with E-state index in [1.807, 2.05) is 0 Å². The van der Waals surface area contributed by atoms with Gasteiger partial charge >= 0.3 is 6.18 Å². The smallest absolute Gasteiger partial charge is 0.368 e. The second-order valence-corrected chi connectivity index (χ2v) is 6.19. The molecule has 0 unspecified atom stereocenters. The van der Waals surface area contributed by atoms with Crippen molar-refractivity contribution in [3.63, 3.8) is 0 Å². The summed E-state index contributed by atoms with van der Waals surface area (Å²) in [7, 11) is 0. The zero-order chi connectivity index (χ0) is 20.0. The Morgan fingerprint density at radius 1 is 1.37 bits per heavy atom. The molecule has 144 valence electrons. The number of benzene rings is 1. The largest absolute Gasteiger partial charge is 0.416 e. The summed E-state index contributed by atoms with van der Waals surface area (Å²) >= 11 is 1.30. The number of nitrogens with two attached hydrogens (primary N) is 2. The van der Waals surface area contributed by atoms with E-state index in [4.69, 9.17) is 11.6 Å². The van der Waals surface area contributed by atoms with Gasteiger partial charge in [0.25, 0.3) is 0 Å². The van der Waals surface area contributed by atoms with Crippen molar-refractivity contribution in [2.24, 2.45) is 10.9 Å². The topological polar surface area (TPSA) is 119 Å². The van der Waals surface area contributed by atoms with Gasteiger partial charge in [-0.05, 0) is 17.9 Å². The summed E-state index contributed by atoms with van der Waals surface area (Å²) in [6.07, 6.45) is -1.52. The van der Waals surface area contributed by atoms with E-state index < -0.39 is 11.7 Å². The van der Waals surface area contributed by atoms with Crippen LogP contribution in [0.5, 0.6) is 0 Å². The van der Waals surface area contributed by atoms with E-state index in [1.165, 1.54) is 30.1 Å². The molecule has 2 aromatic rings. The predicted molar refractivity (Wildman–Crippen MR) is 98.7 cm³/mol. The van der Waals surface area contributed by atoms with Gasteiger partial charge in [-0.25, -0.2) is 4.98 Å². The molecule has 0 aliphatic heterocycles. The number of nitrogens with one attached hydrogen (secondary N) is 1. The van der Waals surface area contributed by atoms with Gasteiger partial charge < -0.3 is 16.9 Å². The van der Waals surface area contributed by atoms with Crippen molar-refractivity contribution in [3.8, 4) is 0 Å². The van der Waals surface area contributed by atoms with Crippen molar-refractivity contribution < 1.29 is 18.0 Å². The van der Waals surface area contributed by atoms with Crippen molar-refractivity contribution in [1.82, 2.24) is 9.97 Å². The third-order valence-corrected chi connectivity index (χ3v) is 4.13. The fourth-order valence-electron chi connectivity index (χ4n) is 2.28. The molecule has 1 aromatic carbocycles. The van der Waals surface area contributed by atoms with Crippen LogP contribution in [0.4, 0.5) is 24.9 Å². The monoisotopic (exact) mass is 398 g/mol. The summed E-state index contributed by atoms with van der Waals surface area (Å²) in [5.74, 6) is 5.12. The maximum atomic E-state index is 12.8. The number of nitrogens with zero attached hydrogens (tertiary/aromatic N) is 3. The predicted octanol–water partition coefficient (Wildman–Crippen LogP) is 2.32. The lowest BCUT2D eigenvalue weighted by atomic mass is 10.1. The number of anilines is 2. The van der Waals surface area contributed by atoms with Gasteiger partial charge in [-0.3, -0.25) is 4.79 Å². The summed E-state index contributed by atoms with van der Waals surface area (Å²) in [4.78, 5) is 20.2. The number of alkyl halides is 3. The van der Waals surface area contributed by atoms with Crippen LogP contribution in [0.15, 0.2) is 34.4 Å². The number of aromatic nitrogens is 2. The first-order valence-electron chi connectivity index (χ1n) is 7.61. The third-order valence-electron chi connectivity index (χ3n) is 3.43. The maximum absolute atomic E-state index is 12.8. The molecule has 2 rings (SSSR count). The summed E-state index contributed by atoms with van der Waals surface area (Å²) in [5.41, 5.74) is 5.58. The molecule has 0 spiro atoms. The van der Waals surface area contributed by atoms with Crippen molar-refractivity contribution in [2.45, 2.75) is 17.6 Å². The first-order valence-corrected chi connectivity index (χ1v) is 8.83. The molecule has 11 heteroatoms. The molecular formula is C16H17F3N6OS. The second kappa shape index (κ2) is 8.71. The van der Waals surface area contributed by atoms with Crippen LogP contribution in [-0.2, 0) is 17.4 Å². The van der Waals surface area contributed by atoms with Crippen LogP contribution < -0.4 is 16.9 Å². The Labute approximate surface area is 157 Å². The lowest BCUT2D eigenvalue weighted by Gasteiger charge is -2.12. The quantitative estimate of drug-likeness (QED) is 0.215. The van der Waals surface area contributed by atoms with E-state index >= 15 is 0 Å². The van der Waals surface area contributed by atoms with Crippen LogP contribution in [0.3, 0.4) is 0 Å². The molecule has 0 radical (unpaired) electrons. The number of hydrogen-bond acceptors (Lipinski definition) is 8. The molecule has 0 amide bonds. The van der Waals surface area contributed by atoms with Crippen LogP contribution in [0.1, 0.15) is 16.7 Å². The third kappa shape index (κ3) is 5.58. The highest BCUT2D eigenvalue weighted by Crippen LogP contribution is 2.29. The number of carbonyl (C=O) groups excluding carboxylic acids is 1. The molecule has 0 saturated heterocycles. The molecule has 0 bridgehead atoms. The van der Waals surface area contributed by atoms with Crippen LogP contribution >= 0.6 is 11.8 Å². The zero-order valence-electron chi connectivity index (χ0n) is 14.2. The van der Waals surface area contributed by atoms with Crippen molar-refractivity contribution in [1.29, 1.82) is 0 Å². The standard InChI is InChI=1S/C16H17F3N6OS/c1-27-14-12(8-23-21)13(24-15(20)25-14)22-7-11(26)6-9-3-2-4-10(5-9)16(17,18)19/h2-5,8H,6-7,21H2,1H3,(H3,20,22,24,25)/b23-8+. The van der Waals surface area contributed by atoms with Gasteiger partial charge in [0.15, 0.2) is 5.78 Å². The van der Waals surface area contributed by atoms with E-state index in [-0.39, 0.29) is 36.1 Å². The van der Waals surface area contributed by atoms with Crippen LogP contribution in [0.25, 0.3) is 0 Å². The summed E-state index contributed by atoms with van der Waals surface area (Å²) in [5, 5.41) is 6.78. The molecule has 0 saturated carbocycles. The number of nitrogen functional groups attached to an aromatic ring is 1. The van der Waals surface area contributed by atoms with Gasteiger partial charge in [0.05, 0.1) is 23.9 Å². The molecule has 5 N–H and O–H groups in total. The average molecular weight is 398 g/mol. The number of hydrogen-bond donors (Lipinski definition) is 3. The maximum Gasteiger partial charge on any atom is 0.416 e. The Balaban J connectivity index is 2.11. The van der Waals surface area contributed by atoms with E-state index in [9.17, 15) is 18.0 Å². The molecule has 0 fully saturated rings. The summed E-state index contributed by atoms with van der Waals surface area (Å²) in [6, 6.07) is 4.65. The molecular weight excluding hydrogens is 381 g/mol. The Morgan fingerprint density at radius 2 is 2.11 bits per heavy atom. The molecule has 7 nitrogen and oxygen atoms in total. The number of rotatable bonds is 7. The first kappa shape index (κ1) is 20.5. The highest BCUT2D eigenvalue weighted by molar-refractivity contribution is 7.98. The highest BCUT2D eigenvalue weighted by atomic mass is 32.2. The highest BCUT2D eigenvalue weighted by Gasteiger charge is 2.30. The van der Waals surface area contributed by atoms with Crippen LogP contribution in [0, 0.1) is 0 Å². The molecule has 1 aromatic heterocycles. The number of hydrazone groups is 1. The van der Waals surface area contributed by atoms with Crippen molar-refractivity contribution in [3.05, 3.63) is 41.0 Å². The van der Waals surface area contributed by atoms with Crippen molar-refractivity contribution in [2.75, 3.05) is 23.9 Å². The van der Waals surface area contributed by atoms with Crippen LogP contribution in [0.2, 0.25) is 0 Å². The second-order valence-electron chi connectivity index (χ2n) is 5.40. The molecule has 0 atom stereocenters. The molecule has 0 aliphatic rings. The van der Waals surface area contributed by atoms with Gasteiger partial charge in [0.2, 0.25) is 5.95 Å². The SMILES string of the molecule is CSc1nc(N)nc(NCC(=O)Cc2cccc(C(F)(F)F)c2)c1/C=N/N. The van der Waals surface area contributed by atoms with Gasteiger partial charge in [0.1, 0.15) is 10.8 Å². The number of thioether (sulfide) groups is 1. The van der Waals surface area contributed by atoms with E-state index in [0.717, 1.165) is 12.1 Å². The van der Waals surface area contributed by atoms with Gasteiger partial charge in [-0.2, -0.15) is 23.3 Å². The normalized spacial score (nSPS) is 11.7. The number of halogens is 3. The van der Waals surface area contributed by atoms with E-state index in [0.29, 0.717) is 10.6 Å². The fourth-order valence-corrected chi connectivity index (χ4v) is 2.83. The Kier molecular flexibility index (Phi) is 6.61. The van der Waals surface area contributed by atoms with E-state index in [2.05, 4.69) is 20.4 Å². The minimum absolute atomic E-state index is 0.00125. The minimum atomic E-state index is -4.46. The molecule has 27 heavy (non-hydrogen) atoms. The van der Waals surface area contributed by atoms with Crippen LogP contribution in [-0.4, -0.2) is 34.8 Å². The minimum Gasteiger partial charge on any atom is -0.368 e. The Hall–Kier alpha value is -2.82. The number of ketones is 1. The number of carbonyl (C=O) groups is 1. The zero-order valence-corrected chi connectivity index (χ0v) is 15.1. The Morgan fingerprint density at radius 3 is 2.74 bits per heavy atom. The van der Waals surface area contributed by atoms with E-state index in [1.54, 1.807) is 6.26 Å². The molecule has 1 heterocycles. The van der Waals surface area contributed by atoms with Crippen molar-refractivity contribution >= 4 is 35.5 Å². The summed E-state index contributed by atoms with van der Waals surface area (Å²) in [6.45, 7) is -0.161. The first-order chi connectivity index (χ1) is 12.7. The van der Waals surface area contributed by atoms with Gasteiger partial charge in [-0.15, -0.1) is 11.8 Å². The summed E-state index contributed by atoms with van der Waals surface area (Å²) < 4.78 is 38.3. The lowest BCUT2D eigenvalue weighted by molar-refractivity contribution is -0.137. The fraction of sp³-hybridized carbons (Fsp3) is 0.250. The molecule has 0 aliphatic carbocycles. The van der Waals surface area contributed by atoms with Gasteiger partial charge in [-0.1, -0.05) is 18.2 Å². The average Bonchev–Trinajstić information content (AvgIpc) is 2.61. The van der Waals surface area contributed by atoms with Gasteiger partial charge in [0, 0.05) is 6.42 Å².